The van der Waals surface area contributed by atoms with Crippen LogP contribution in [0.5, 0.6) is 0 Å². The molecule has 0 saturated heterocycles. The zero-order valence-corrected chi connectivity index (χ0v) is 10.4. The topological polar surface area (TPSA) is 83.6 Å². The van der Waals surface area contributed by atoms with Crippen LogP contribution in [0.25, 0.3) is 0 Å². The second-order valence-electron chi connectivity index (χ2n) is 4.22. The van der Waals surface area contributed by atoms with Crippen molar-refractivity contribution in [2.75, 3.05) is 0 Å². The first-order chi connectivity index (χ1) is 7.36. The van der Waals surface area contributed by atoms with Crippen molar-refractivity contribution in [1.29, 1.82) is 0 Å². The standard InChI is InChI=1S/C11H22N2O3/c1-5-7(3)9(10(12)14)13(16)11(15)8(4)6-2/h7-9,16H,5-6H2,1-4H3,(H2,12,14)/t7-,8-,9+/m0/s1. The van der Waals surface area contributed by atoms with E-state index in [4.69, 9.17) is 5.73 Å². The molecule has 3 atom stereocenters. The molecule has 94 valence electrons. The molecule has 0 rings (SSSR count). The first kappa shape index (κ1) is 14.9. The molecule has 5 heteroatoms. The Kier molecular flexibility index (Phi) is 6.03. The first-order valence-electron chi connectivity index (χ1n) is 5.67. The van der Waals surface area contributed by atoms with Gasteiger partial charge in [0.1, 0.15) is 6.04 Å². The Hall–Kier alpha value is -1.10. The normalized spacial score (nSPS) is 16.3. The van der Waals surface area contributed by atoms with Gasteiger partial charge in [0, 0.05) is 5.92 Å². The Morgan fingerprint density at radius 1 is 1.25 bits per heavy atom. The number of hydrogen-bond acceptors (Lipinski definition) is 3. The lowest BCUT2D eigenvalue weighted by molar-refractivity contribution is -0.187. The predicted octanol–water partition coefficient (Wildman–Crippen LogP) is 1.15. The lowest BCUT2D eigenvalue weighted by atomic mass is 9.97. The van der Waals surface area contributed by atoms with Crippen molar-refractivity contribution in [3.63, 3.8) is 0 Å². The van der Waals surface area contributed by atoms with Crippen LogP contribution in [-0.2, 0) is 9.59 Å². The fourth-order valence-corrected chi connectivity index (χ4v) is 1.40. The van der Waals surface area contributed by atoms with Crippen molar-refractivity contribution < 1.29 is 14.8 Å². The summed E-state index contributed by atoms with van der Waals surface area (Å²) in [6, 6.07) is -0.938. The number of amides is 2. The van der Waals surface area contributed by atoms with E-state index in [-0.39, 0.29) is 11.8 Å². The summed E-state index contributed by atoms with van der Waals surface area (Å²) < 4.78 is 0. The molecular formula is C11H22N2O3. The van der Waals surface area contributed by atoms with Gasteiger partial charge in [-0.05, 0) is 12.3 Å². The van der Waals surface area contributed by atoms with E-state index in [0.29, 0.717) is 17.9 Å². The van der Waals surface area contributed by atoms with E-state index in [0.717, 1.165) is 0 Å². The van der Waals surface area contributed by atoms with E-state index in [9.17, 15) is 14.8 Å². The zero-order chi connectivity index (χ0) is 12.9. The van der Waals surface area contributed by atoms with Gasteiger partial charge < -0.3 is 5.73 Å². The van der Waals surface area contributed by atoms with Crippen molar-refractivity contribution in [3.05, 3.63) is 0 Å². The minimum absolute atomic E-state index is 0.157. The SMILES string of the molecule is CC[C@H](C)C(=O)N(O)[C@@H](C(N)=O)[C@@H](C)CC. The van der Waals surface area contributed by atoms with Gasteiger partial charge in [-0.2, -0.15) is 0 Å². The van der Waals surface area contributed by atoms with Crippen LogP contribution in [0.3, 0.4) is 0 Å². The summed E-state index contributed by atoms with van der Waals surface area (Å²) in [5.41, 5.74) is 5.20. The molecular weight excluding hydrogens is 208 g/mol. The largest absolute Gasteiger partial charge is 0.368 e. The van der Waals surface area contributed by atoms with Gasteiger partial charge in [0.15, 0.2) is 0 Å². The van der Waals surface area contributed by atoms with Crippen molar-refractivity contribution in [3.8, 4) is 0 Å². The molecule has 16 heavy (non-hydrogen) atoms. The molecule has 3 N–H and O–H groups in total. The van der Waals surface area contributed by atoms with Crippen LogP contribution in [-0.4, -0.2) is 28.1 Å². The van der Waals surface area contributed by atoms with Crippen molar-refractivity contribution in [2.24, 2.45) is 17.6 Å². The average Bonchev–Trinajstić information content (AvgIpc) is 2.26. The Bertz CT molecular complexity index is 256. The maximum Gasteiger partial charge on any atom is 0.249 e. The van der Waals surface area contributed by atoms with E-state index >= 15 is 0 Å². The van der Waals surface area contributed by atoms with Gasteiger partial charge in [-0.1, -0.05) is 34.1 Å². The Labute approximate surface area is 96.6 Å². The molecule has 0 unspecified atom stereocenters. The number of carbonyl (C=O) groups is 2. The first-order valence-corrected chi connectivity index (χ1v) is 5.67. The highest BCUT2D eigenvalue weighted by atomic mass is 16.5. The smallest absolute Gasteiger partial charge is 0.249 e. The fourth-order valence-electron chi connectivity index (χ4n) is 1.40. The Morgan fingerprint density at radius 3 is 2.06 bits per heavy atom. The molecule has 0 aromatic carbocycles. The average molecular weight is 230 g/mol. The summed E-state index contributed by atoms with van der Waals surface area (Å²) in [7, 11) is 0. The summed E-state index contributed by atoms with van der Waals surface area (Å²) >= 11 is 0. The summed E-state index contributed by atoms with van der Waals surface area (Å²) in [6.45, 7) is 7.21. The highest BCUT2D eigenvalue weighted by Gasteiger charge is 2.32. The molecule has 0 heterocycles. The second kappa shape index (κ2) is 6.48. The van der Waals surface area contributed by atoms with Crippen LogP contribution < -0.4 is 5.73 Å². The van der Waals surface area contributed by atoms with Crippen LogP contribution in [0.1, 0.15) is 40.5 Å². The summed E-state index contributed by atoms with van der Waals surface area (Å²) in [6.07, 6.45) is 1.28. The van der Waals surface area contributed by atoms with Crippen LogP contribution >= 0.6 is 0 Å². The van der Waals surface area contributed by atoms with Crippen LogP contribution in [0, 0.1) is 11.8 Å². The van der Waals surface area contributed by atoms with Gasteiger partial charge in [-0.3, -0.25) is 14.8 Å². The molecule has 0 aliphatic rings. The minimum Gasteiger partial charge on any atom is -0.368 e. The van der Waals surface area contributed by atoms with E-state index in [1.165, 1.54) is 0 Å². The number of primary amides is 1. The predicted molar refractivity (Wildman–Crippen MR) is 60.5 cm³/mol. The molecule has 0 bridgehead atoms. The third kappa shape index (κ3) is 3.48. The second-order valence-corrected chi connectivity index (χ2v) is 4.22. The van der Waals surface area contributed by atoms with E-state index < -0.39 is 17.9 Å². The summed E-state index contributed by atoms with van der Waals surface area (Å²) in [5, 5.41) is 10.2. The molecule has 0 aromatic rings. The van der Waals surface area contributed by atoms with Gasteiger partial charge in [0.25, 0.3) is 0 Å². The number of carbonyl (C=O) groups excluding carboxylic acids is 2. The lowest BCUT2D eigenvalue weighted by Crippen LogP contribution is -2.51. The number of nitrogens with two attached hydrogens (primary N) is 1. The number of nitrogens with zero attached hydrogens (tertiary/aromatic N) is 1. The molecule has 0 spiro atoms. The molecule has 5 nitrogen and oxygen atoms in total. The molecule has 0 aliphatic carbocycles. The van der Waals surface area contributed by atoms with Crippen molar-refractivity contribution in [2.45, 2.75) is 46.6 Å². The third-order valence-corrected chi connectivity index (χ3v) is 3.00. The van der Waals surface area contributed by atoms with Crippen molar-refractivity contribution in [1.82, 2.24) is 5.06 Å². The third-order valence-electron chi connectivity index (χ3n) is 3.00. The lowest BCUT2D eigenvalue weighted by Gasteiger charge is -2.29. The van der Waals surface area contributed by atoms with Crippen LogP contribution in [0.15, 0.2) is 0 Å². The summed E-state index contributed by atoms with van der Waals surface area (Å²) in [4.78, 5) is 22.9. The van der Waals surface area contributed by atoms with E-state index in [1.54, 1.807) is 13.8 Å². The maximum absolute atomic E-state index is 11.7. The van der Waals surface area contributed by atoms with Gasteiger partial charge in [-0.25, -0.2) is 5.06 Å². The molecule has 0 fully saturated rings. The maximum atomic E-state index is 11.7. The van der Waals surface area contributed by atoms with Crippen molar-refractivity contribution >= 4 is 11.8 Å². The van der Waals surface area contributed by atoms with E-state index in [2.05, 4.69) is 0 Å². The quantitative estimate of drug-likeness (QED) is 0.530. The number of hydroxylamine groups is 2. The fraction of sp³-hybridized carbons (Fsp3) is 0.818. The van der Waals surface area contributed by atoms with Crippen LogP contribution in [0.4, 0.5) is 0 Å². The Balaban J connectivity index is 4.81. The molecule has 0 aliphatic heterocycles. The van der Waals surface area contributed by atoms with Gasteiger partial charge in [-0.15, -0.1) is 0 Å². The monoisotopic (exact) mass is 230 g/mol. The number of hydrogen-bond donors (Lipinski definition) is 2. The Morgan fingerprint density at radius 2 is 1.75 bits per heavy atom. The zero-order valence-electron chi connectivity index (χ0n) is 10.4. The number of rotatable bonds is 6. The van der Waals surface area contributed by atoms with Gasteiger partial charge >= 0.3 is 0 Å². The van der Waals surface area contributed by atoms with Crippen LogP contribution in [0.2, 0.25) is 0 Å². The highest BCUT2D eigenvalue weighted by Crippen LogP contribution is 2.16. The highest BCUT2D eigenvalue weighted by molar-refractivity contribution is 5.86. The molecule has 0 saturated carbocycles. The molecule has 2 amide bonds. The van der Waals surface area contributed by atoms with Gasteiger partial charge in [0.05, 0.1) is 0 Å². The molecule has 0 radical (unpaired) electrons. The summed E-state index contributed by atoms with van der Waals surface area (Å²) in [5.74, 6) is -1.59. The van der Waals surface area contributed by atoms with E-state index in [1.807, 2.05) is 13.8 Å². The minimum atomic E-state index is -0.938. The molecule has 0 aromatic heterocycles. The van der Waals surface area contributed by atoms with Gasteiger partial charge in [0.2, 0.25) is 11.8 Å².